The molecule has 10 heavy (non-hydrogen) atoms. The van der Waals surface area contributed by atoms with Crippen molar-refractivity contribution in [1.82, 2.24) is 0 Å². The highest BCUT2D eigenvalue weighted by Gasteiger charge is 2.18. The average molecular weight is 146 g/mol. The normalized spacial score (nSPS) is 16.3. The maximum atomic E-state index is 10.4. The summed E-state index contributed by atoms with van der Waals surface area (Å²) >= 11 is 0. The summed E-state index contributed by atoms with van der Waals surface area (Å²) in [5, 5.41) is 8.52. The van der Waals surface area contributed by atoms with Crippen LogP contribution in [0.25, 0.3) is 0 Å². The molecule has 0 saturated carbocycles. The van der Waals surface area contributed by atoms with Crippen LogP contribution in [0.2, 0.25) is 0 Å². The topological polar surface area (TPSA) is 46.5 Å². The van der Waals surface area contributed by atoms with Gasteiger partial charge in [-0.25, -0.2) is 0 Å². The van der Waals surface area contributed by atoms with Gasteiger partial charge < -0.3 is 9.84 Å². The zero-order chi connectivity index (χ0) is 8.15. The lowest BCUT2D eigenvalue weighted by Gasteiger charge is -2.13. The van der Waals surface area contributed by atoms with E-state index >= 15 is 0 Å². The molecule has 0 rings (SSSR count). The predicted octanol–water partition coefficient (Wildman–Crippen LogP) is 0.990. The number of aliphatic carboxylic acids is 1. The molecule has 0 saturated heterocycles. The van der Waals surface area contributed by atoms with E-state index in [2.05, 4.69) is 0 Å². The van der Waals surface area contributed by atoms with Gasteiger partial charge in [0.25, 0.3) is 0 Å². The van der Waals surface area contributed by atoms with Gasteiger partial charge in [0.05, 0.1) is 5.92 Å². The second-order valence-corrected chi connectivity index (χ2v) is 2.56. The second kappa shape index (κ2) is 4.28. The van der Waals surface area contributed by atoms with Gasteiger partial charge in [-0.05, 0) is 5.92 Å². The predicted molar refractivity (Wildman–Crippen MR) is 37.8 cm³/mol. The third-order valence-corrected chi connectivity index (χ3v) is 1.67. The number of methoxy groups -OCH3 is 1. The second-order valence-electron chi connectivity index (χ2n) is 2.56. The average Bonchev–Trinajstić information content (AvgIpc) is 1.87. The smallest absolute Gasteiger partial charge is 0.306 e. The van der Waals surface area contributed by atoms with Crippen molar-refractivity contribution in [2.24, 2.45) is 11.8 Å². The monoisotopic (exact) mass is 146 g/mol. The largest absolute Gasteiger partial charge is 0.481 e. The summed E-state index contributed by atoms with van der Waals surface area (Å²) in [4.78, 5) is 10.4. The minimum absolute atomic E-state index is 0.0856. The van der Waals surface area contributed by atoms with Crippen molar-refractivity contribution in [2.75, 3.05) is 13.7 Å². The van der Waals surface area contributed by atoms with Crippen LogP contribution in [0.4, 0.5) is 0 Å². The fourth-order valence-electron chi connectivity index (χ4n) is 0.651. The Morgan fingerprint density at radius 3 is 2.40 bits per heavy atom. The highest BCUT2D eigenvalue weighted by molar-refractivity contribution is 5.69. The van der Waals surface area contributed by atoms with Crippen LogP contribution in [0.15, 0.2) is 0 Å². The molecule has 0 radical (unpaired) electrons. The first kappa shape index (κ1) is 9.43. The van der Waals surface area contributed by atoms with Crippen LogP contribution in [0.3, 0.4) is 0 Å². The summed E-state index contributed by atoms with van der Waals surface area (Å²) in [6.07, 6.45) is 0. The first-order valence-electron chi connectivity index (χ1n) is 3.31. The lowest BCUT2D eigenvalue weighted by molar-refractivity contribution is -0.143. The van der Waals surface area contributed by atoms with Gasteiger partial charge in [-0.1, -0.05) is 13.8 Å². The van der Waals surface area contributed by atoms with E-state index in [9.17, 15) is 4.79 Å². The molecule has 1 N–H and O–H groups in total. The van der Waals surface area contributed by atoms with Crippen LogP contribution in [0.5, 0.6) is 0 Å². The molecule has 2 atom stereocenters. The molecule has 0 spiro atoms. The fourth-order valence-corrected chi connectivity index (χ4v) is 0.651. The van der Waals surface area contributed by atoms with E-state index in [1.165, 1.54) is 0 Å². The van der Waals surface area contributed by atoms with Gasteiger partial charge in [-0.15, -0.1) is 0 Å². The molecule has 3 nitrogen and oxygen atoms in total. The summed E-state index contributed by atoms with van der Waals surface area (Å²) in [6.45, 7) is 4.06. The van der Waals surface area contributed by atoms with Crippen LogP contribution in [-0.4, -0.2) is 24.8 Å². The van der Waals surface area contributed by atoms with Gasteiger partial charge in [0.1, 0.15) is 0 Å². The Morgan fingerprint density at radius 2 is 2.10 bits per heavy atom. The number of hydrogen-bond acceptors (Lipinski definition) is 2. The van der Waals surface area contributed by atoms with E-state index in [4.69, 9.17) is 9.84 Å². The maximum Gasteiger partial charge on any atom is 0.306 e. The van der Waals surface area contributed by atoms with Crippen molar-refractivity contribution in [3.8, 4) is 0 Å². The minimum Gasteiger partial charge on any atom is -0.481 e. The van der Waals surface area contributed by atoms with Gasteiger partial charge >= 0.3 is 5.97 Å². The summed E-state index contributed by atoms with van der Waals surface area (Å²) in [6, 6.07) is 0. The molecule has 0 fully saturated rings. The van der Waals surface area contributed by atoms with Gasteiger partial charge in [-0.2, -0.15) is 0 Å². The Bertz CT molecular complexity index is 111. The van der Waals surface area contributed by atoms with E-state index in [0.717, 1.165) is 0 Å². The number of carbonyl (C=O) groups is 1. The highest BCUT2D eigenvalue weighted by Crippen LogP contribution is 2.10. The molecule has 60 valence electrons. The number of carboxylic acid groups (broad SMARTS) is 1. The zero-order valence-electron chi connectivity index (χ0n) is 6.63. The Morgan fingerprint density at radius 1 is 1.60 bits per heavy atom. The lowest BCUT2D eigenvalue weighted by atomic mass is 9.97. The molecule has 0 aliphatic rings. The van der Waals surface area contributed by atoms with Gasteiger partial charge in [0.2, 0.25) is 0 Å². The lowest BCUT2D eigenvalue weighted by Crippen LogP contribution is -2.21. The quantitative estimate of drug-likeness (QED) is 0.643. The molecule has 0 bridgehead atoms. The van der Waals surface area contributed by atoms with E-state index in [1.807, 2.05) is 6.92 Å². The maximum absolute atomic E-state index is 10.4. The van der Waals surface area contributed by atoms with Crippen molar-refractivity contribution >= 4 is 5.97 Å². The van der Waals surface area contributed by atoms with E-state index in [1.54, 1.807) is 14.0 Å². The van der Waals surface area contributed by atoms with Crippen molar-refractivity contribution in [3.05, 3.63) is 0 Å². The third-order valence-electron chi connectivity index (χ3n) is 1.67. The van der Waals surface area contributed by atoms with Gasteiger partial charge in [0, 0.05) is 13.7 Å². The van der Waals surface area contributed by atoms with Crippen molar-refractivity contribution in [3.63, 3.8) is 0 Å². The SMILES string of the molecule is COC[C@H](C)[C@@H](C)C(=O)O. The van der Waals surface area contributed by atoms with Crippen LogP contribution < -0.4 is 0 Å². The molecule has 0 aliphatic heterocycles. The number of rotatable bonds is 4. The van der Waals surface area contributed by atoms with Gasteiger partial charge in [0.15, 0.2) is 0 Å². The first-order chi connectivity index (χ1) is 4.59. The molecule has 0 aromatic heterocycles. The Kier molecular flexibility index (Phi) is 4.03. The minimum atomic E-state index is -0.760. The molecule has 0 heterocycles. The van der Waals surface area contributed by atoms with Crippen molar-refractivity contribution < 1.29 is 14.6 Å². The Hall–Kier alpha value is -0.570. The Balaban J connectivity index is 3.69. The van der Waals surface area contributed by atoms with Crippen LogP contribution in [-0.2, 0) is 9.53 Å². The summed E-state index contributed by atoms with van der Waals surface area (Å²) in [7, 11) is 1.57. The highest BCUT2D eigenvalue weighted by atomic mass is 16.5. The summed E-state index contributed by atoms with van der Waals surface area (Å²) in [5.41, 5.74) is 0. The molecular formula is C7H14O3. The third kappa shape index (κ3) is 2.82. The zero-order valence-corrected chi connectivity index (χ0v) is 6.63. The number of ether oxygens (including phenoxy) is 1. The summed E-state index contributed by atoms with van der Waals surface area (Å²) < 4.78 is 4.81. The summed E-state index contributed by atoms with van der Waals surface area (Å²) in [5.74, 6) is -0.994. The number of hydrogen-bond donors (Lipinski definition) is 1. The van der Waals surface area contributed by atoms with E-state index in [0.29, 0.717) is 6.61 Å². The number of carboxylic acids is 1. The molecule has 0 aliphatic carbocycles. The molecule has 3 heteroatoms. The Labute approximate surface area is 61.0 Å². The fraction of sp³-hybridized carbons (Fsp3) is 0.857. The van der Waals surface area contributed by atoms with Crippen LogP contribution in [0.1, 0.15) is 13.8 Å². The molecule has 0 unspecified atom stereocenters. The molecule has 0 amide bonds. The van der Waals surface area contributed by atoms with Crippen LogP contribution in [0, 0.1) is 11.8 Å². The van der Waals surface area contributed by atoms with E-state index in [-0.39, 0.29) is 11.8 Å². The van der Waals surface area contributed by atoms with Gasteiger partial charge in [-0.3, -0.25) is 4.79 Å². The van der Waals surface area contributed by atoms with Crippen molar-refractivity contribution in [2.45, 2.75) is 13.8 Å². The van der Waals surface area contributed by atoms with Crippen molar-refractivity contribution in [1.29, 1.82) is 0 Å². The van der Waals surface area contributed by atoms with E-state index < -0.39 is 5.97 Å². The molecule has 0 aromatic carbocycles. The first-order valence-corrected chi connectivity index (χ1v) is 3.31. The molecule has 0 aromatic rings. The standard InChI is InChI=1S/C7H14O3/c1-5(4-10-3)6(2)7(8)9/h5-6H,4H2,1-3H3,(H,8,9)/t5-,6+/m0/s1. The van der Waals surface area contributed by atoms with Crippen LogP contribution >= 0.6 is 0 Å². The molecular weight excluding hydrogens is 132 g/mol.